The molecule has 0 amide bonds. The van der Waals surface area contributed by atoms with Gasteiger partial charge in [0.15, 0.2) is 0 Å². The van der Waals surface area contributed by atoms with Crippen molar-refractivity contribution in [3.05, 3.63) is 23.8 Å². The van der Waals surface area contributed by atoms with Crippen molar-refractivity contribution in [1.29, 1.82) is 0 Å². The highest BCUT2D eigenvalue weighted by molar-refractivity contribution is 5.79. The van der Waals surface area contributed by atoms with E-state index in [1.165, 1.54) is 0 Å². The van der Waals surface area contributed by atoms with Gasteiger partial charge < -0.3 is 20.8 Å². The molecule has 4 N–H and O–H groups in total. The third-order valence-corrected chi connectivity index (χ3v) is 2.83. The number of aryl methyl sites for hydroxylation is 1. The molecular formula is C12H18N4O. The molecule has 0 aliphatic rings. The van der Waals surface area contributed by atoms with Gasteiger partial charge in [0, 0.05) is 13.7 Å². The third kappa shape index (κ3) is 2.11. The molecule has 0 saturated carbocycles. The molecule has 0 fully saturated rings. The first-order valence-electron chi connectivity index (χ1n) is 5.71. The number of imidazole rings is 1. The van der Waals surface area contributed by atoms with Crippen LogP contribution in [0.3, 0.4) is 0 Å². The molecule has 5 heteroatoms. The lowest BCUT2D eigenvalue weighted by Crippen LogP contribution is -2.11. The molecule has 0 bridgehead atoms. The second-order valence-corrected chi connectivity index (χ2v) is 4.03. The summed E-state index contributed by atoms with van der Waals surface area (Å²) < 4.78 is 7.09. The van der Waals surface area contributed by atoms with E-state index in [2.05, 4.69) is 11.9 Å². The Morgan fingerprint density at radius 3 is 2.88 bits per heavy atom. The number of nitrogen functional groups attached to an aromatic ring is 1. The number of rotatable bonds is 4. The topological polar surface area (TPSA) is 79.1 Å². The predicted octanol–water partition coefficient (Wildman–Crippen LogP) is 1.63. The fourth-order valence-corrected chi connectivity index (χ4v) is 1.94. The van der Waals surface area contributed by atoms with E-state index in [0.717, 1.165) is 29.6 Å². The first-order valence-corrected chi connectivity index (χ1v) is 5.71. The van der Waals surface area contributed by atoms with Crippen LogP contribution in [0.2, 0.25) is 0 Å². The lowest BCUT2D eigenvalue weighted by molar-refractivity contribution is 0.109. The number of aromatic nitrogens is 2. The zero-order valence-corrected chi connectivity index (χ0v) is 10.2. The van der Waals surface area contributed by atoms with Crippen LogP contribution in [0.15, 0.2) is 18.2 Å². The van der Waals surface area contributed by atoms with Gasteiger partial charge in [-0.15, -0.1) is 0 Å². The Bertz CT molecular complexity index is 520. The normalized spacial score (nSPS) is 13.1. The van der Waals surface area contributed by atoms with Gasteiger partial charge in [-0.3, -0.25) is 0 Å². The third-order valence-electron chi connectivity index (χ3n) is 2.83. The number of hydrogen-bond acceptors (Lipinski definition) is 4. The number of anilines is 1. The van der Waals surface area contributed by atoms with E-state index in [1.807, 2.05) is 22.8 Å². The highest BCUT2D eigenvalue weighted by Gasteiger charge is 2.10. The van der Waals surface area contributed by atoms with Crippen molar-refractivity contribution >= 4 is 17.0 Å². The lowest BCUT2D eigenvalue weighted by Gasteiger charge is -2.09. The van der Waals surface area contributed by atoms with Gasteiger partial charge in [0.25, 0.3) is 0 Å². The summed E-state index contributed by atoms with van der Waals surface area (Å²) in [6.07, 6.45) is 0.603. The molecule has 2 rings (SSSR count). The summed E-state index contributed by atoms with van der Waals surface area (Å²) in [6, 6.07) is 5.86. The van der Waals surface area contributed by atoms with Crippen LogP contribution in [0.1, 0.15) is 25.1 Å². The van der Waals surface area contributed by atoms with E-state index in [1.54, 1.807) is 7.11 Å². The second-order valence-electron chi connectivity index (χ2n) is 4.03. The SMILES string of the molecule is CCCn1c(N)nc2cc(C(N)OC)ccc21. The van der Waals surface area contributed by atoms with Crippen molar-refractivity contribution in [3.63, 3.8) is 0 Å². The summed E-state index contributed by atoms with van der Waals surface area (Å²) in [7, 11) is 1.58. The molecule has 0 radical (unpaired) electrons. The van der Waals surface area contributed by atoms with Crippen LogP contribution in [-0.2, 0) is 11.3 Å². The van der Waals surface area contributed by atoms with Gasteiger partial charge in [0.05, 0.1) is 11.0 Å². The smallest absolute Gasteiger partial charge is 0.201 e. The number of fused-ring (bicyclic) bond motifs is 1. The Balaban J connectivity index is 2.49. The maximum atomic E-state index is 5.89. The van der Waals surface area contributed by atoms with Crippen molar-refractivity contribution in [3.8, 4) is 0 Å². The Morgan fingerprint density at radius 1 is 1.47 bits per heavy atom. The number of ether oxygens (including phenoxy) is 1. The minimum absolute atomic E-state index is 0.419. The molecule has 17 heavy (non-hydrogen) atoms. The van der Waals surface area contributed by atoms with Gasteiger partial charge in [-0.05, 0) is 24.1 Å². The highest BCUT2D eigenvalue weighted by atomic mass is 16.5. The number of nitrogens with zero attached hydrogens (tertiary/aromatic N) is 2. The van der Waals surface area contributed by atoms with Crippen LogP contribution in [0, 0.1) is 0 Å². The number of methoxy groups -OCH3 is 1. The quantitative estimate of drug-likeness (QED) is 0.788. The molecular weight excluding hydrogens is 216 g/mol. The van der Waals surface area contributed by atoms with Gasteiger partial charge in [-0.2, -0.15) is 0 Å². The van der Waals surface area contributed by atoms with E-state index in [0.29, 0.717) is 5.95 Å². The average Bonchev–Trinajstić information content (AvgIpc) is 2.64. The van der Waals surface area contributed by atoms with Crippen LogP contribution < -0.4 is 11.5 Å². The van der Waals surface area contributed by atoms with Gasteiger partial charge in [0.2, 0.25) is 5.95 Å². The highest BCUT2D eigenvalue weighted by Crippen LogP contribution is 2.22. The van der Waals surface area contributed by atoms with E-state index in [4.69, 9.17) is 16.2 Å². The second kappa shape index (κ2) is 4.73. The molecule has 1 heterocycles. The molecule has 1 aromatic carbocycles. The first-order chi connectivity index (χ1) is 8.17. The molecule has 0 aliphatic heterocycles. The Kier molecular flexibility index (Phi) is 3.31. The van der Waals surface area contributed by atoms with Crippen LogP contribution in [0.5, 0.6) is 0 Å². The van der Waals surface area contributed by atoms with Crippen molar-refractivity contribution < 1.29 is 4.74 Å². The van der Waals surface area contributed by atoms with Crippen molar-refractivity contribution in [1.82, 2.24) is 9.55 Å². The van der Waals surface area contributed by atoms with Crippen LogP contribution in [-0.4, -0.2) is 16.7 Å². The zero-order valence-electron chi connectivity index (χ0n) is 10.2. The molecule has 2 aromatic rings. The van der Waals surface area contributed by atoms with Gasteiger partial charge in [-0.25, -0.2) is 4.98 Å². The predicted molar refractivity (Wildman–Crippen MR) is 68.4 cm³/mol. The summed E-state index contributed by atoms with van der Waals surface area (Å²) in [5, 5.41) is 0. The zero-order chi connectivity index (χ0) is 12.4. The van der Waals surface area contributed by atoms with E-state index in [-0.39, 0.29) is 0 Å². The van der Waals surface area contributed by atoms with Crippen LogP contribution >= 0.6 is 0 Å². The summed E-state index contributed by atoms with van der Waals surface area (Å²) in [6.45, 7) is 2.98. The molecule has 1 atom stereocenters. The summed E-state index contributed by atoms with van der Waals surface area (Å²) in [4.78, 5) is 4.34. The fourth-order valence-electron chi connectivity index (χ4n) is 1.94. The van der Waals surface area contributed by atoms with E-state index >= 15 is 0 Å². The standard InChI is InChI=1S/C12H18N4O/c1-3-6-16-10-5-4-8(11(13)17-2)7-9(10)15-12(16)14/h4-5,7,11H,3,6,13H2,1-2H3,(H2,14,15). The molecule has 0 aliphatic carbocycles. The molecule has 92 valence electrons. The van der Waals surface area contributed by atoms with Gasteiger partial charge >= 0.3 is 0 Å². The van der Waals surface area contributed by atoms with Crippen molar-refractivity contribution in [2.75, 3.05) is 12.8 Å². The summed E-state index contributed by atoms with van der Waals surface area (Å²) in [5.74, 6) is 0.546. The molecule has 1 aromatic heterocycles. The van der Waals surface area contributed by atoms with Gasteiger partial charge in [0.1, 0.15) is 6.23 Å². The summed E-state index contributed by atoms with van der Waals surface area (Å²) in [5.41, 5.74) is 14.5. The monoisotopic (exact) mass is 234 g/mol. The maximum absolute atomic E-state index is 5.89. The summed E-state index contributed by atoms with van der Waals surface area (Å²) >= 11 is 0. The minimum atomic E-state index is -0.419. The number of nitrogens with two attached hydrogens (primary N) is 2. The fraction of sp³-hybridized carbons (Fsp3) is 0.417. The Hall–Kier alpha value is -1.59. The maximum Gasteiger partial charge on any atom is 0.201 e. The Morgan fingerprint density at radius 2 is 2.24 bits per heavy atom. The number of hydrogen-bond donors (Lipinski definition) is 2. The molecule has 5 nitrogen and oxygen atoms in total. The van der Waals surface area contributed by atoms with Crippen LogP contribution in [0.25, 0.3) is 11.0 Å². The largest absolute Gasteiger partial charge is 0.369 e. The molecule has 0 spiro atoms. The molecule has 1 unspecified atom stereocenters. The van der Waals surface area contributed by atoms with E-state index < -0.39 is 6.23 Å². The average molecular weight is 234 g/mol. The van der Waals surface area contributed by atoms with Gasteiger partial charge in [-0.1, -0.05) is 13.0 Å². The van der Waals surface area contributed by atoms with Crippen molar-refractivity contribution in [2.24, 2.45) is 5.73 Å². The van der Waals surface area contributed by atoms with Crippen LogP contribution in [0.4, 0.5) is 5.95 Å². The van der Waals surface area contributed by atoms with E-state index in [9.17, 15) is 0 Å². The molecule has 0 saturated heterocycles. The Labute approximate surface area is 100 Å². The number of benzene rings is 1. The first kappa shape index (κ1) is 11.9. The lowest BCUT2D eigenvalue weighted by atomic mass is 10.2. The minimum Gasteiger partial charge on any atom is -0.369 e. The van der Waals surface area contributed by atoms with Crippen molar-refractivity contribution in [2.45, 2.75) is 26.1 Å².